The predicted octanol–water partition coefficient (Wildman–Crippen LogP) is 3.09. The first-order valence-corrected chi connectivity index (χ1v) is 5.55. The van der Waals surface area contributed by atoms with Crippen molar-refractivity contribution >= 4 is 28.6 Å². The van der Waals surface area contributed by atoms with Gasteiger partial charge in [-0.05, 0) is 0 Å². The second-order valence-corrected chi connectivity index (χ2v) is 7.68. The van der Waals surface area contributed by atoms with Crippen molar-refractivity contribution in [1.82, 2.24) is 4.67 Å². The monoisotopic (exact) mass is 183 g/mol. The third-order valence-corrected chi connectivity index (χ3v) is 3.63. The molecule has 0 amide bonds. The van der Waals surface area contributed by atoms with Gasteiger partial charge in [0.05, 0.1) is 0 Å². The Morgan fingerprint density at radius 3 is 1.38 bits per heavy atom. The summed E-state index contributed by atoms with van der Waals surface area (Å²) in [6, 6.07) is 0. The number of hydrogen-bond donors (Lipinski definition) is 0. The number of rotatable bonds is 1. The molecule has 0 aromatic heterocycles. The molecule has 8 heavy (non-hydrogen) atoms. The van der Waals surface area contributed by atoms with E-state index in [0.29, 0.717) is 4.67 Å². The summed E-state index contributed by atoms with van der Waals surface area (Å²) < 4.78 is 24.8. The summed E-state index contributed by atoms with van der Waals surface area (Å²) in [6.45, 7) is 0. The van der Waals surface area contributed by atoms with Crippen LogP contribution in [0.1, 0.15) is 0 Å². The van der Waals surface area contributed by atoms with E-state index in [1.54, 1.807) is 0 Å². The molecule has 0 radical (unpaired) electrons. The molecule has 0 saturated carbocycles. The molecule has 0 N–H and O–H groups in total. The Bertz CT molecular complexity index is 88.7. The second-order valence-electron chi connectivity index (χ2n) is 1.53. The van der Waals surface area contributed by atoms with Crippen molar-refractivity contribution in [3.63, 3.8) is 0 Å². The maximum atomic E-state index is 12.1. The van der Waals surface area contributed by atoms with Gasteiger partial charge in [0.25, 0.3) is 0 Å². The molecule has 52 valence electrons. The quantitative estimate of drug-likeness (QED) is 0.566. The first-order chi connectivity index (χ1) is 3.20. The Balaban J connectivity index is 4.14. The summed E-state index contributed by atoms with van der Waals surface area (Å²) >= 11 is 9.22. The molecule has 0 spiro atoms. The standard InChI is InChI=1S/C2H6Cl2F2NP/c1-7(2)8(3,4,5)6/h1-2H3. The molecule has 6 heteroatoms. The molecule has 0 aromatic carbocycles. The van der Waals surface area contributed by atoms with Crippen LogP contribution < -0.4 is 0 Å². The van der Waals surface area contributed by atoms with Crippen molar-refractivity contribution in [2.24, 2.45) is 0 Å². The summed E-state index contributed by atoms with van der Waals surface area (Å²) in [4.78, 5) is 0. The Morgan fingerprint density at radius 2 is 1.38 bits per heavy atom. The fourth-order valence-electron chi connectivity index (χ4n) is 0. The van der Waals surface area contributed by atoms with Crippen molar-refractivity contribution in [3.8, 4) is 0 Å². The van der Waals surface area contributed by atoms with Gasteiger partial charge in [-0.15, -0.1) is 0 Å². The van der Waals surface area contributed by atoms with E-state index >= 15 is 0 Å². The molecule has 0 aliphatic heterocycles. The number of hydrogen-bond acceptors (Lipinski definition) is 1. The van der Waals surface area contributed by atoms with Gasteiger partial charge in [-0.3, -0.25) is 0 Å². The molecule has 0 aliphatic carbocycles. The summed E-state index contributed by atoms with van der Waals surface area (Å²) in [5.41, 5.74) is 0. The van der Waals surface area contributed by atoms with Gasteiger partial charge in [-0.25, -0.2) is 0 Å². The molecule has 0 rings (SSSR count). The molecule has 1 nitrogen and oxygen atoms in total. The van der Waals surface area contributed by atoms with Crippen LogP contribution in [0.3, 0.4) is 0 Å². The molecular weight excluding hydrogens is 178 g/mol. The third-order valence-electron chi connectivity index (χ3n) is 0.605. The van der Waals surface area contributed by atoms with Gasteiger partial charge in [0, 0.05) is 0 Å². The van der Waals surface area contributed by atoms with Crippen LogP contribution in [0.5, 0.6) is 0 Å². The van der Waals surface area contributed by atoms with E-state index in [-0.39, 0.29) is 0 Å². The normalized spacial score (nSPS) is 18.1. The van der Waals surface area contributed by atoms with Gasteiger partial charge in [0.2, 0.25) is 0 Å². The summed E-state index contributed by atoms with van der Waals surface area (Å²) in [7, 11) is 2.27. The van der Waals surface area contributed by atoms with Gasteiger partial charge in [0.1, 0.15) is 0 Å². The van der Waals surface area contributed by atoms with E-state index in [4.69, 9.17) is 0 Å². The third kappa shape index (κ3) is 2.98. The van der Waals surface area contributed by atoms with Crippen LogP contribution in [-0.2, 0) is 0 Å². The van der Waals surface area contributed by atoms with Crippen molar-refractivity contribution in [1.29, 1.82) is 0 Å². The molecule has 0 bridgehead atoms. The van der Waals surface area contributed by atoms with Gasteiger partial charge in [0.15, 0.2) is 0 Å². The average molecular weight is 184 g/mol. The number of nitrogens with zero attached hydrogens (tertiary/aromatic N) is 1. The van der Waals surface area contributed by atoms with Crippen LogP contribution in [0.2, 0.25) is 0 Å². The first-order valence-electron chi connectivity index (χ1n) is 1.77. The van der Waals surface area contributed by atoms with Crippen LogP contribution in [0.25, 0.3) is 0 Å². The van der Waals surface area contributed by atoms with Crippen molar-refractivity contribution in [2.45, 2.75) is 0 Å². The minimum atomic E-state index is -5.41. The van der Waals surface area contributed by atoms with Gasteiger partial charge in [-0.2, -0.15) is 0 Å². The van der Waals surface area contributed by atoms with Crippen LogP contribution in [-0.4, -0.2) is 18.8 Å². The molecule has 0 aliphatic rings. The SMILES string of the molecule is CN(C)P(F)(F)(Cl)Cl. The zero-order chi connectivity index (χ0) is 7.02. The fraction of sp³-hybridized carbons (Fsp3) is 1.00. The Morgan fingerprint density at radius 1 is 1.25 bits per heavy atom. The Kier molecular flexibility index (Phi) is 2.11. The summed E-state index contributed by atoms with van der Waals surface area (Å²) in [6.07, 6.45) is -5.41. The maximum absolute atomic E-state index is 12.1. The zero-order valence-corrected chi connectivity index (χ0v) is 6.81. The van der Waals surface area contributed by atoms with Crippen molar-refractivity contribution in [2.75, 3.05) is 14.1 Å². The van der Waals surface area contributed by atoms with Crippen LogP contribution >= 0.6 is 28.6 Å². The van der Waals surface area contributed by atoms with E-state index in [0.717, 1.165) is 14.1 Å². The Hall–Kier alpha value is 0.830. The first kappa shape index (κ1) is 8.83. The average Bonchev–Trinajstić information content (AvgIpc) is 1.27. The molecular formula is C2H6Cl2F2NP. The Labute approximate surface area is 56.4 Å². The van der Waals surface area contributed by atoms with Crippen LogP contribution in [0.15, 0.2) is 0 Å². The molecule has 0 atom stereocenters. The van der Waals surface area contributed by atoms with Crippen LogP contribution in [0, 0.1) is 0 Å². The van der Waals surface area contributed by atoms with E-state index < -0.39 is 6.08 Å². The molecule has 0 unspecified atom stereocenters. The van der Waals surface area contributed by atoms with Gasteiger partial charge in [-0.1, -0.05) is 0 Å². The van der Waals surface area contributed by atoms with Crippen LogP contribution in [0.4, 0.5) is 8.39 Å². The predicted molar refractivity (Wildman–Crippen MR) is 34.5 cm³/mol. The van der Waals surface area contributed by atoms with E-state index in [2.05, 4.69) is 22.5 Å². The topological polar surface area (TPSA) is 3.24 Å². The zero-order valence-electron chi connectivity index (χ0n) is 4.41. The molecule has 0 heterocycles. The fourth-order valence-corrected chi connectivity index (χ4v) is 0. The second kappa shape index (κ2) is 1.91. The molecule has 0 fully saturated rings. The van der Waals surface area contributed by atoms with Crippen molar-refractivity contribution < 1.29 is 8.39 Å². The molecule has 0 aromatic rings. The van der Waals surface area contributed by atoms with E-state index in [1.807, 2.05) is 0 Å². The summed E-state index contributed by atoms with van der Waals surface area (Å²) in [5.74, 6) is 0. The molecule has 0 saturated heterocycles. The number of halogens is 4. The minimum absolute atomic E-state index is 0.536. The van der Waals surface area contributed by atoms with Crippen molar-refractivity contribution in [3.05, 3.63) is 0 Å². The van der Waals surface area contributed by atoms with Gasteiger partial charge < -0.3 is 0 Å². The van der Waals surface area contributed by atoms with E-state index in [1.165, 1.54) is 0 Å². The van der Waals surface area contributed by atoms with E-state index in [9.17, 15) is 8.39 Å². The van der Waals surface area contributed by atoms with Gasteiger partial charge >= 0.3 is 55.7 Å². The summed E-state index contributed by atoms with van der Waals surface area (Å²) in [5, 5.41) is 0.